The van der Waals surface area contributed by atoms with E-state index in [4.69, 9.17) is 9.47 Å². The number of carbonyl (C=O) groups excluding carboxylic acids is 3. The Morgan fingerprint density at radius 3 is 1.98 bits per heavy atom. The van der Waals surface area contributed by atoms with Gasteiger partial charge in [0, 0.05) is 16.9 Å². The van der Waals surface area contributed by atoms with Crippen molar-refractivity contribution >= 4 is 41.2 Å². The molecule has 2 atom stereocenters. The van der Waals surface area contributed by atoms with Crippen LogP contribution < -0.4 is 16.0 Å². The van der Waals surface area contributed by atoms with Gasteiger partial charge in [0.05, 0.1) is 12.2 Å². The van der Waals surface area contributed by atoms with Gasteiger partial charge in [-0.25, -0.2) is 14.4 Å². The molecule has 0 heterocycles. The van der Waals surface area contributed by atoms with Gasteiger partial charge in [-0.1, -0.05) is 6.58 Å². The average molecular weight is 596 g/mol. The second kappa shape index (κ2) is 13.6. The summed E-state index contributed by atoms with van der Waals surface area (Å²) in [5.74, 6) is -4.92. The number of carboxylic acids is 2. The lowest BCUT2D eigenvalue weighted by molar-refractivity contribution is -0.161. The molecule has 0 fully saturated rings. The van der Waals surface area contributed by atoms with Gasteiger partial charge in [-0.2, -0.15) is 13.2 Å². The Kier molecular flexibility index (Phi) is 10.8. The first kappa shape index (κ1) is 33.3. The van der Waals surface area contributed by atoms with Crippen molar-refractivity contribution in [1.29, 1.82) is 0 Å². The maximum atomic E-state index is 12.8. The number of nitrogens with one attached hydrogen (secondary N) is 3. The van der Waals surface area contributed by atoms with E-state index in [2.05, 4.69) is 17.2 Å². The molecular formula is C27H28F3N3O9. The molecular weight excluding hydrogens is 567 g/mol. The molecule has 3 amide bonds. The second-order valence-corrected chi connectivity index (χ2v) is 9.67. The molecule has 2 aromatic carbocycles. The van der Waals surface area contributed by atoms with E-state index in [-0.39, 0.29) is 22.5 Å². The zero-order valence-corrected chi connectivity index (χ0v) is 22.6. The molecule has 0 aliphatic rings. The third kappa shape index (κ3) is 10.2. The van der Waals surface area contributed by atoms with Crippen LogP contribution in [0, 0.1) is 0 Å². The predicted octanol–water partition coefficient (Wildman–Crippen LogP) is 4.03. The highest BCUT2D eigenvalue weighted by molar-refractivity contribution is 6.05. The molecule has 12 nitrogen and oxygen atoms in total. The Bertz CT molecular complexity index is 1350. The van der Waals surface area contributed by atoms with Gasteiger partial charge >= 0.3 is 24.2 Å². The Hall–Kier alpha value is -4.92. The van der Waals surface area contributed by atoms with Gasteiger partial charge in [-0.3, -0.25) is 9.59 Å². The van der Waals surface area contributed by atoms with E-state index in [0.29, 0.717) is 0 Å². The summed E-state index contributed by atoms with van der Waals surface area (Å²) in [6.45, 7) is 7.28. The maximum absolute atomic E-state index is 12.8. The third-order valence-electron chi connectivity index (χ3n) is 5.09. The number of halogens is 3. The summed E-state index contributed by atoms with van der Waals surface area (Å²) in [6.07, 6.45) is -6.96. The topological polar surface area (TPSA) is 180 Å². The van der Waals surface area contributed by atoms with Crippen LogP contribution in [0.1, 0.15) is 42.3 Å². The zero-order chi connectivity index (χ0) is 31.8. The Balaban J connectivity index is 2.31. The molecule has 0 saturated heterocycles. The molecule has 2 aromatic rings. The predicted molar refractivity (Wildman–Crippen MR) is 142 cm³/mol. The first-order chi connectivity index (χ1) is 19.4. The Morgan fingerprint density at radius 2 is 1.50 bits per heavy atom. The number of carboxylic acid groups (broad SMARTS) is 2. The summed E-state index contributed by atoms with van der Waals surface area (Å²) < 4.78 is 48.8. The van der Waals surface area contributed by atoms with Crippen molar-refractivity contribution in [2.75, 3.05) is 10.6 Å². The highest BCUT2D eigenvalue weighted by Crippen LogP contribution is 2.29. The van der Waals surface area contributed by atoms with Crippen LogP contribution in [0.2, 0.25) is 0 Å². The molecule has 15 heteroatoms. The normalized spacial score (nSPS) is 12.8. The van der Waals surface area contributed by atoms with Crippen LogP contribution in [0.15, 0.2) is 55.1 Å². The number of benzene rings is 2. The lowest BCUT2D eigenvalue weighted by Gasteiger charge is -2.25. The van der Waals surface area contributed by atoms with Crippen LogP contribution in [-0.4, -0.2) is 57.8 Å². The lowest BCUT2D eigenvalue weighted by atomic mass is 10.1. The van der Waals surface area contributed by atoms with Crippen molar-refractivity contribution in [2.45, 2.75) is 51.3 Å². The number of hydrogen-bond donors (Lipinski definition) is 5. The van der Waals surface area contributed by atoms with Crippen LogP contribution in [-0.2, 0) is 36.6 Å². The van der Waals surface area contributed by atoms with Crippen LogP contribution in [0.3, 0.4) is 0 Å². The van der Waals surface area contributed by atoms with Crippen molar-refractivity contribution in [1.82, 2.24) is 5.32 Å². The fourth-order valence-electron chi connectivity index (χ4n) is 3.32. The van der Waals surface area contributed by atoms with Crippen molar-refractivity contribution < 1.29 is 56.8 Å². The van der Waals surface area contributed by atoms with Gasteiger partial charge in [-0.05, 0) is 74.9 Å². The summed E-state index contributed by atoms with van der Waals surface area (Å²) in [6, 6.07) is 5.23. The molecule has 0 aromatic heterocycles. The number of alkyl halides is 3. The van der Waals surface area contributed by atoms with Crippen molar-refractivity contribution in [3.63, 3.8) is 0 Å². The van der Waals surface area contributed by atoms with E-state index in [1.165, 1.54) is 39.0 Å². The number of alkyl carbamates (subject to hydrolysis) is 1. The van der Waals surface area contributed by atoms with E-state index >= 15 is 0 Å². The quantitative estimate of drug-likeness (QED) is 0.240. The minimum absolute atomic E-state index is 0.0221. The monoisotopic (exact) mass is 595 g/mol. The number of amides is 3. The number of carbonyl (C=O) groups is 5. The third-order valence-corrected chi connectivity index (χ3v) is 5.09. The molecule has 0 saturated carbocycles. The Labute approximate surface area is 237 Å². The van der Waals surface area contributed by atoms with Gasteiger partial charge in [0.25, 0.3) is 5.91 Å². The smallest absolute Gasteiger partial charge is 0.416 e. The Morgan fingerprint density at radius 1 is 0.929 bits per heavy atom. The largest absolute Gasteiger partial charge is 0.480 e. The molecule has 2 rings (SSSR count). The van der Waals surface area contributed by atoms with Crippen molar-refractivity contribution in [3.8, 4) is 0 Å². The second-order valence-electron chi connectivity index (χ2n) is 9.67. The molecule has 42 heavy (non-hydrogen) atoms. The summed E-state index contributed by atoms with van der Waals surface area (Å²) in [7, 11) is 0. The first-order valence-electron chi connectivity index (χ1n) is 12.0. The van der Waals surface area contributed by atoms with Gasteiger partial charge in [0.1, 0.15) is 5.60 Å². The fraction of sp³-hybridized carbons (Fsp3) is 0.296. The van der Waals surface area contributed by atoms with E-state index in [1.54, 1.807) is 0 Å². The van der Waals surface area contributed by atoms with E-state index in [9.17, 15) is 47.4 Å². The minimum Gasteiger partial charge on any atom is -0.480 e. The number of hydrogen-bond acceptors (Lipinski definition) is 7. The summed E-state index contributed by atoms with van der Waals surface area (Å²) in [5.41, 5.74) is -1.85. The van der Waals surface area contributed by atoms with Gasteiger partial charge in [0.2, 0.25) is 5.91 Å². The average Bonchev–Trinajstić information content (AvgIpc) is 2.86. The SMILES string of the molecule is C=CC(=O)Nc1cc(COC(C(=O)O)[C@H](NC(=O)OC(C)(C)C)C(=O)O)cc(NC(=O)c2ccc(C(F)(F)F)cc2)c1. The van der Waals surface area contributed by atoms with Crippen LogP contribution >= 0.6 is 0 Å². The summed E-state index contributed by atoms with van der Waals surface area (Å²) in [4.78, 5) is 60.3. The van der Waals surface area contributed by atoms with Gasteiger partial charge in [0.15, 0.2) is 12.1 Å². The molecule has 0 radical (unpaired) electrons. The van der Waals surface area contributed by atoms with Gasteiger partial charge in [-0.15, -0.1) is 0 Å². The first-order valence-corrected chi connectivity index (χ1v) is 12.0. The number of rotatable bonds is 11. The van der Waals surface area contributed by atoms with Gasteiger partial charge < -0.3 is 35.6 Å². The fourth-order valence-corrected chi connectivity index (χ4v) is 3.32. The van der Waals surface area contributed by atoms with Crippen LogP contribution in [0.4, 0.5) is 29.3 Å². The highest BCUT2D eigenvalue weighted by atomic mass is 19.4. The zero-order valence-electron chi connectivity index (χ0n) is 22.6. The molecule has 0 aliphatic carbocycles. The molecule has 0 spiro atoms. The van der Waals surface area contributed by atoms with Crippen molar-refractivity contribution in [2.24, 2.45) is 0 Å². The summed E-state index contributed by atoms with van der Waals surface area (Å²) >= 11 is 0. The number of ether oxygens (including phenoxy) is 2. The number of aliphatic carboxylic acids is 2. The van der Waals surface area contributed by atoms with Crippen LogP contribution in [0.5, 0.6) is 0 Å². The molecule has 1 unspecified atom stereocenters. The molecule has 5 N–H and O–H groups in total. The van der Waals surface area contributed by atoms with E-state index < -0.39 is 65.9 Å². The van der Waals surface area contributed by atoms with Crippen molar-refractivity contribution in [3.05, 3.63) is 71.8 Å². The maximum Gasteiger partial charge on any atom is 0.416 e. The highest BCUT2D eigenvalue weighted by Gasteiger charge is 2.37. The standard InChI is InChI=1S/C27H28F3N3O9/c1-5-19(34)31-17-10-14(11-18(12-17)32-22(35)15-6-8-16(9-7-15)27(28,29)30)13-41-21(24(38)39)20(23(36)37)33-25(40)42-26(2,3)4/h5-12,20-21H,1,13H2,2-4H3,(H,31,34)(H,32,35)(H,33,40)(H,36,37)(H,38,39)/t20-,21?/m0/s1. The number of anilines is 2. The molecule has 0 bridgehead atoms. The lowest BCUT2D eigenvalue weighted by Crippen LogP contribution is -2.53. The molecule has 226 valence electrons. The summed E-state index contributed by atoms with van der Waals surface area (Å²) in [5, 5.41) is 26.0. The molecule has 0 aliphatic heterocycles. The van der Waals surface area contributed by atoms with Crippen LogP contribution in [0.25, 0.3) is 0 Å². The van der Waals surface area contributed by atoms with E-state index in [1.807, 2.05) is 5.32 Å². The minimum atomic E-state index is -4.60. The van der Waals surface area contributed by atoms with E-state index in [0.717, 1.165) is 30.3 Å².